The van der Waals surface area contributed by atoms with Gasteiger partial charge in [0.15, 0.2) is 0 Å². The summed E-state index contributed by atoms with van der Waals surface area (Å²) in [6.45, 7) is 2.79. The average molecular weight is 347 g/mol. The minimum Gasteiger partial charge on any atom is -0.305 e. The minimum absolute atomic E-state index is 0.116. The van der Waals surface area contributed by atoms with Crippen LogP contribution in [0, 0.1) is 12.8 Å². The predicted molar refractivity (Wildman–Crippen MR) is 105 cm³/mol. The number of aromatic nitrogens is 2. The molecule has 0 radical (unpaired) electrons. The molecule has 1 amide bonds. The lowest BCUT2D eigenvalue weighted by Gasteiger charge is -2.20. The molecule has 0 saturated heterocycles. The van der Waals surface area contributed by atoms with Crippen molar-refractivity contribution >= 4 is 22.9 Å². The highest BCUT2D eigenvalue weighted by Crippen LogP contribution is 2.26. The van der Waals surface area contributed by atoms with Gasteiger partial charge in [-0.05, 0) is 37.5 Å². The number of carbonyl (C=O) groups is 1. The van der Waals surface area contributed by atoms with Crippen LogP contribution in [0.25, 0.3) is 11.0 Å². The number of imidazole rings is 1. The number of fused-ring (bicyclic) bond motifs is 1. The van der Waals surface area contributed by atoms with Gasteiger partial charge in [0.2, 0.25) is 11.9 Å². The van der Waals surface area contributed by atoms with Gasteiger partial charge in [0, 0.05) is 5.92 Å². The molecule has 4 rings (SSSR count). The van der Waals surface area contributed by atoms with Gasteiger partial charge in [-0.2, -0.15) is 0 Å². The Labute approximate surface area is 154 Å². The summed E-state index contributed by atoms with van der Waals surface area (Å²) in [4.78, 5) is 17.4. The van der Waals surface area contributed by atoms with E-state index in [0.717, 1.165) is 36.7 Å². The number of rotatable bonds is 4. The molecule has 1 aromatic heterocycles. The number of aryl methyl sites for hydroxylation is 1. The van der Waals surface area contributed by atoms with E-state index in [-0.39, 0.29) is 11.8 Å². The smallest absolute Gasteiger partial charge is 0.229 e. The number of hydrogen-bond donors (Lipinski definition) is 1. The Morgan fingerprint density at radius 1 is 1.08 bits per heavy atom. The fraction of sp³-hybridized carbons (Fsp3) is 0.364. The van der Waals surface area contributed by atoms with Crippen LogP contribution in [-0.4, -0.2) is 15.5 Å². The quantitative estimate of drug-likeness (QED) is 0.729. The number of hydrogen-bond acceptors (Lipinski definition) is 2. The first-order chi connectivity index (χ1) is 12.7. The molecule has 4 nitrogen and oxygen atoms in total. The molecule has 134 valence electrons. The van der Waals surface area contributed by atoms with Crippen molar-refractivity contribution in [2.45, 2.75) is 45.6 Å². The Balaban J connectivity index is 1.64. The van der Waals surface area contributed by atoms with Crippen molar-refractivity contribution in [1.29, 1.82) is 0 Å². The number of nitrogens with one attached hydrogen (secondary N) is 1. The Hall–Kier alpha value is -2.62. The lowest BCUT2D eigenvalue weighted by molar-refractivity contribution is -0.120. The van der Waals surface area contributed by atoms with Gasteiger partial charge in [0.1, 0.15) is 0 Å². The number of carbonyl (C=O) groups excluding carboxylic acids is 1. The Morgan fingerprint density at radius 3 is 2.58 bits per heavy atom. The van der Waals surface area contributed by atoms with E-state index >= 15 is 0 Å². The standard InChI is InChI=1S/C22H25N3O/c1-16-11-13-17(14-12-16)15-25-20-10-6-5-9-19(20)23-22(25)24-21(26)18-7-3-2-4-8-18/h5-6,9-14,18H,2-4,7-8,15H2,1H3,(H,23,24,26). The second-order valence-electron chi connectivity index (χ2n) is 7.32. The van der Waals surface area contributed by atoms with Crippen LogP contribution in [0.5, 0.6) is 0 Å². The summed E-state index contributed by atoms with van der Waals surface area (Å²) in [6, 6.07) is 16.6. The van der Waals surface area contributed by atoms with E-state index in [0.29, 0.717) is 12.5 Å². The van der Waals surface area contributed by atoms with E-state index < -0.39 is 0 Å². The first-order valence-electron chi connectivity index (χ1n) is 9.52. The van der Waals surface area contributed by atoms with Crippen molar-refractivity contribution in [3.63, 3.8) is 0 Å². The molecule has 1 saturated carbocycles. The first kappa shape index (κ1) is 16.8. The maximum absolute atomic E-state index is 12.7. The predicted octanol–water partition coefficient (Wildman–Crippen LogP) is 4.91. The zero-order valence-corrected chi connectivity index (χ0v) is 15.2. The average Bonchev–Trinajstić information content (AvgIpc) is 3.01. The van der Waals surface area contributed by atoms with E-state index in [1.165, 1.54) is 17.5 Å². The van der Waals surface area contributed by atoms with Crippen LogP contribution in [-0.2, 0) is 11.3 Å². The molecule has 0 bridgehead atoms. The highest BCUT2D eigenvalue weighted by molar-refractivity contribution is 5.93. The van der Waals surface area contributed by atoms with Gasteiger partial charge < -0.3 is 4.57 Å². The second kappa shape index (κ2) is 7.32. The van der Waals surface area contributed by atoms with Crippen LogP contribution in [0.3, 0.4) is 0 Å². The Kier molecular flexibility index (Phi) is 4.74. The van der Waals surface area contributed by atoms with E-state index in [4.69, 9.17) is 4.98 Å². The molecular weight excluding hydrogens is 322 g/mol. The third kappa shape index (κ3) is 3.50. The number of amides is 1. The maximum Gasteiger partial charge on any atom is 0.229 e. The largest absolute Gasteiger partial charge is 0.305 e. The molecule has 0 aliphatic heterocycles. The number of benzene rings is 2. The lowest BCUT2D eigenvalue weighted by Crippen LogP contribution is -2.26. The number of para-hydroxylation sites is 2. The molecule has 3 aromatic rings. The third-order valence-corrected chi connectivity index (χ3v) is 5.33. The van der Waals surface area contributed by atoms with E-state index in [1.807, 2.05) is 18.2 Å². The lowest BCUT2D eigenvalue weighted by atomic mass is 9.89. The van der Waals surface area contributed by atoms with Gasteiger partial charge in [0.05, 0.1) is 17.6 Å². The molecule has 0 atom stereocenters. The minimum atomic E-state index is 0.116. The van der Waals surface area contributed by atoms with Crippen molar-refractivity contribution < 1.29 is 4.79 Å². The summed E-state index contributed by atoms with van der Waals surface area (Å²) >= 11 is 0. The molecule has 4 heteroatoms. The molecule has 1 fully saturated rings. The van der Waals surface area contributed by atoms with Gasteiger partial charge in [-0.3, -0.25) is 10.1 Å². The fourth-order valence-corrected chi connectivity index (χ4v) is 3.78. The molecule has 1 heterocycles. The fourth-order valence-electron chi connectivity index (χ4n) is 3.78. The van der Waals surface area contributed by atoms with Crippen LogP contribution in [0.2, 0.25) is 0 Å². The molecule has 0 unspecified atom stereocenters. The van der Waals surface area contributed by atoms with Crippen LogP contribution in [0.1, 0.15) is 43.2 Å². The number of nitrogens with zero attached hydrogens (tertiary/aromatic N) is 2. The van der Waals surface area contributed by atoms with Crippen molar-refractivity contribution in [3.8, 4) is 0 Å². The summed E-state index contributed by atoms with van der Waals surface area (Å²) in [5.74, 6) is 0.892. The highest BCUT2D eigenvalue weighted by Gasteiger charge is 2.23. The molecule has 2 aromatic carbocycles. The van der Waals surface area contributed by atoms with E-state index in [2.05, 4.69) is 47.1 Å². The van der Waals surface area contributed by atoms with Crippen molar-refractivity contribution in [2.24, 2.45) is 5.92 Å². The zero-order valence-electron chi connectivity index (χ0n) is 15.2. The molecule has 0 spiro atoms. The van der Waals surface area contributed by atoms with Crippen LogP contribution < -0.4 is 5.32 Å². The van der Waals surface area contributed by atoms with E-state index in [9.17, 15) is 4.79 Å². The van der Waals surface area contributed by atoms with Crippen LogP contribution >= 0.6 is 0 Å². The SMILES string of the molecule is Cc1ccc(Cn2c(NC(=O)C3CCCCC3)nc3ccccc32)cc1. The third-order valence-electron chi connectivity index (χ3n) is 5.33. The molecule has 1 aliphatic rings. The summed E-state index contributed by atoms with van der Waals surface area (Å²) in [5, 5.41) is 3.11. The van der Waals surface area contributed by atoms with Gasteiger partial charge in [-0.1, -0.05) is 61.2 Å². The van der Waals surface area contributed by atoms with Crippen molar-refractivity contribution in [1.82, 2.24) is 9.55 Å². The molecular formula is C22H25N3O. The van der Waals surface area contributed by atoms with Gasteiger partial charge in [-0.25, -0.2) is 4.98 Å². The molecule has 1 N–H and O–H groups in total. The number of anilines is 1. The summed E-state index contributed by atoms with van der Waals surface area (Å²) < 4.78 is 2.11. The first-order valence-corrected chi connectivity index (χ1v) is 9.52. The molecule has 1 aliphatic carbocycles. The Bertz CT molecular complexity index is 905. The maximum atomic E-state index is 12.7. The van der Waals surface area contributed by atoms with Crippen molar-refractivity contribution in [3.05, 3.63) is 59.7 Å². The van der Waals surface area contributed by atoms with Gasteiger partial charge >= 0.3 is 0 Å². The van der Waals surface area contributed by atoms with E-state index in [1.54, 1.807) is 0 Å². The van der Waals surface area contributed by atoms with Gasteiger partial charge in [0.25, 0.3) is 0 Å². The summed E-state index contributed by atoms with van der Waals surface area (Å²) in [7, 11) is 0. The zero-order chi connectivity index (χ0) is 17.9. The second-order valence-corrected chi connectivity index (χ2v) is 7.32. The molecule has 26 heavy (non-hydrogen) atoms. The monoisotopic (exact) mass is 347 g/mol. The summed E-state index contributed by atoms with van der Waals surface area (Å²) in [5.41, 5.74) is 4.41. The topological polar surface area (TPSA) is 46.9 Å². The van der Waals surface area contributed by atoms with Crippen LogP contribution in [0.15, 0.2) is 48.5 Å². The highest BCUT2D eigenvalue weighted by atomic mass is 16.2. The van der Waals surface area contributed by atoms with Crippen LogP contribution in [0.4, 0.5) is 5.95 Å². The van der Waals surface area contributed by atoms with Crippen molar-refractivity contribution in [2.75, 3.05) is 5.32 Å². The Morgan fingerprint density at radius 2 is 1.81 bits per heavy atom. The summed E-state index contributed by atoms with van der Waals surface area (Å²) in [6.07, 6.45) is 5.53. The van der Waals surface area contributed by atoms with Gasteiger partial charge in [-0.15, -0.1) is 0 Å². The normalized spacial score (nSPS) is 15.3.